The molecule has 4 nitrogen and oxygen atoms in total. The molecule has 0 radical (unpaired) electrons. The third-order valence-electron chi connectivity index (χ3n) is 3.68. The Morgan fingerprint density at radius 1 is 1.55 bits per heavy atom. The van der Waals surface area contributed by atoms with Crippen LogP contribution >= 0.6 is 11.8 Å². The van der Waals surface area contributed by atoms with Crippen LogP contribution in [0.25, 0.3) is 0 Å². The lowest BCUT2D eigenvalue weighted by molar-refractivity contribution is -0.141. The number of benzene rings is 1. The van der Waals surface area contributed by atoms with E-state index in [0.717, 1.165) is 24.2 Å². The van der Waals surface area contributed by atoms with Crippen molar-refractivity contribution in [1.82, 2.24) is 0 Å². The summed E-state index contributed by atoms with van der Waals surface area (Å²) in [6.45, 7) is 0. The van der Waals surface area contributed by atoms with Crippen molar-refractivity contribution >= 4 is 23.4 Å². The van der Waals surface area contributed by atoms with E-state index in [0.29, 0.717) is 17.9 Å². The predicted octanol–water partition coefficient (Wildman–Crippen LogP) is 2.38. The molecular formula is C15H21NO3S. The first kappa shape index (κ1) is 15.2. The van der Waals surface area contributed by atoms with Crippen molar-refractivity contribution in [3.05, 3.63) is 29.8 Å². The normalized spacial score (nSPS) is 17.5. The van der Waals surface area contributed by atoms with Crippen LogP contribution in [0.1, 0.15) is 30.9 Å². The monoisotopic (exact) mass is 295 g/mol. The molecule has 0 bridgehead atoms. The van der Waals surface area contributed by atoms with Gasteiger partial charge in [-0.2, -0.15) is 11.8 Å². The van der Waals surface area contributed by atoms with Crippen LogP contribution in [0.5, 0.6) is 0 Å². The largest absolute Gasteiger partial charge is 0.469 e. The highest BCUT2D eigenvalue weighted by Crippen LogP contribution is 2.51. The fourth-order valence-corrected chi connectivity index (χ4v) is 3.53. The number of thioether (sulfide) groups is 1. The molecule has 110 valence electrons. The maximum absolute atomic E-state index is 11.3. The molecule has 1 aromatic carbocycles. The smallest absolute Gasteiger partial charge is 0.306 e. The Morgan fingerprint density at radius 2 is 2.30 bits per heavy atom. The van der Waals surface area contributed by atoms with Gasteiger partial charge in [-0.05, 0) is 41.7 Å². The summed E-state index contributed by atoms with van der Waals surface area (Å²) in [6.07, 6.45) is 2.12. The van der Waals surface area contributed by atoms with E-state index in [1.807, 2.05) is 12.1 Å². The van der Waals surface area contributed by atoms with E-state index in [2.05, 4.69) is 0 Å². The number of hydrogen-bond acceptors (Lipinski definition) is 5. The lowest BCUT2D eigenvalue weighted by atomic mass is 10.1. The molecule has 1 aliphatic carbocycles. The first-order chi connectivity index (χ1) is 9.54. The zero-order valence-electron chi connectivity index (χ0n) is 11.7. The highest BCUT2D eigenvalue weighted by atomic mass is 32.2. The second-order valence-corrected chi connectivity index (χ2v) is 6.48. The zero-order valence-corrected chi connectivity index (χ0v) is 12.5. The first-order valence-electron chi connectivity index (χ1n) is 6.73. The minimum absolute atomic E-state index is 0.104. The number of hydrogen-bond donors (Lipinski definition) is 2. The van der Waals surface area contributed by atoms with Crippen molar-refractivity contribution in [3.63, 3.8) is 0 Å². The van der Waals surface area contributed by atoms with Gasteiger partial charge < -0.3 is 15.6 Å². The Labute approximate surface area is 123 Å². The molecular weight excluding hydrogens is 274 g/mol. The minimum atomic E-state index is -0.516. The van der Waals surface area contributed by atoms with Crippen LogP contribution in [0, 0.1) is 5.41 Å². The maximum atomic E-state index is 11.3. The molecule has 0 saturated heterocycles. The van der Waals surface area contributed by atoms with Gasteiger partial charge in [0.15, 0.2) is 0 Å². The molecule has 1 atom stereocenters. The second kappa shape index (κ2) is 6.50. The fraction of sp³-hybridized carbons (Fsp3) is 0.533. The predicted molar refractivity (Wildman–Crippen MR) is 81.4 cm³/mol. The summed E-state index contributed by atoms with van der Waals surface area (Å²) in [6, 6.07) is 7.33. The molecule has 1 aliphatic rings. The Bertz CT molecular complexity index is 474. The van der Waals surface area contributed by atoms with Gasteiger partial charge in [-0.1, -0.05) is 12.1 Å². The Kier molecular flexibility index (Phi) is 4.94. The number of aliphatic hydroxyl groups excluding tert-OH is 1. The average Bonchev–Trinajstić information content (AvgIpc) is 3.18. The number of nitrogen functional groups attached to an aromatic ring is 1. The summed E-state index contributed by atoms with van der Waals surface area (Å²) in [5.41, 5.74) is 7.32. The van der Waals surface area contributed by atoms with Crippen molar-refractivity contribution in [2.45, 2.75) is 25.4 Å². The van der Waals surface area contributed by atoms with Crippen LogP contribution < -0.4 is 5.73 Å². The Hall–Kier alpha value is -1.20. The maximum Gasteiger partial charge on any atom is 0.306 e. The molecule has 1 saturated carbocycles. The van der Waals surface area contributed by atoms with Gasteiger partial charge in [-0.25, -0.2) is 0 Å². The summed E-state index contributed by atoms with van der Waals surface area (Å²) >= 11 is 1.69. The summed E-state index contributed by atoms with van der Waals surface area (Å²) in [5.74, 6) is 1.37. The Morgan fingerprint density at radius 3 is 2.90 bits per heavy atom. The van der Waals surface area contributed by atoms with Crippen LogP contribution in [0.15, 0.2) is 24.3 Å². The van der Waals surface area contributed by atoms with Gasteiger partial charge in [0, 0.05) is 11.4 Å². The third kappa shape index (κ3) is 4.15. The number of aliphatic hydroxyl groups is 1. The highest BCUT2D eigenvalue weighted by Gasteiger charge is 2.44. The Balaban J connectivity index is 1.77. The van der Waals surface area contributed by atoms with E-state index in [1.54, 1.807) is 23.9 Å². The first-order valence-corrected chi connectivity index (χ1v) is 7.88. The standard InChI is InChI=1S/C15H21NO3S/c1-19-14(18)8-15(5-6-15)10-20-9-13(17)11-3-2-4-12(16)7-11/h2-4,7,13,17H,5-6,8-10,16H2,1H3. The van der Waals surface area contributed by atoms with Gasteiger partial charge >= 0.3 is 5.97 Å². The molecule has 0 spiro atoms. The fourth-order valence-electron chi connectivity index (χ4n) is 2.18. The van der Waals surface area contributed by atoms with Crippen molar-refractivity contribution in [2.24, 2.45) is 5.41 Å². The van der Waals surface area contributed by atoms with Crippen LogP contribution in [0.2, 0.25) is 0 Å². The number of rotatable bonds is 7. The molecule has 0 heterocycles. The number of anilines is 1. The number of carbonyl (C=O) groups excluding carboxylic acids is 1. The molecule has 1 fully saturated rings. The van der Waals surface area contributed by atoms with Gasteiger partial charge in [0.05, 0.1) is 19.6 Å². The quantitative estimate of drug-likeness (QED) is 0.597. The lowest BCUT2D eigenvalue weighted by Crippen LogP contribution is -2.14. The third-order valence-corrected chi connectivity index (χ3v) is 5.05. The van der Waals surface area contributed by atoms with Crippen molar-refractivity contribution in [2.75, 3.05) is 24.3 Å². The van der Waals surface area contributed by atoms with Gasteiger partial charge in [0.25, 0.3) is 0 Å². The number of esters is 1. The van der Waals surface area contributed by atoms with Gasteiger partial charge in [-0.3, -0.25) is 4.79 Å². The highest BCUT2D eigenvalue weighted by molar-refractivity contribution is 7.99. The molecule has 20 heavy (non-hydrogen) atoms. The number of carbonyl (C=O) groups is 1. The molecule has 0 aliphatic heterocycles. The van der Waals surface area contributed by atoms with E-state index in [9.17, 15) is 9.90 Å². The molecule has 1 aromatic rings. The van der Waals surface area contributed by atoms with Crippen molar-refractivity contribution < 1.29 is 14.6 Å². The number of ether oxygens (including phenoxy) is 1. The molecule has 2 rings (SSSR count). The van der Waals surface area contributed by atoms with Gasteiger partial charge in [0.2, 0.25) is 0 Å². The van der Waals surface area contributed by atoms with E-state index >= 15 is 0 Å². The van der Waals surface area contributed by atoms with E-state index in [4.69, 9.17) is 10.5 Å². The molecule has 0 amide bonds. The van der Waals surface area contributed by atoms with Crippen LogP contribution in [-0.4, -0.2) is 29.7 Å². The SMILES string of the molecule is COC(=O)CC1(CSCC(O)c2cccc(N)c2)CC1. The van der Waals surface area contributed by atoms with E-state index in [-0.39, 0.29) is 11.4 Å². The van der Waals surface area contributed by atoms with Crippen molar-refractivity contribution in [1.29, 1.82) is 0 Å². The van der Waals surface area contributed by atoms with E-state index < -0.39 is 6.10 Å². The van der Waals surface area contributed by atoms with Gasteiger partial charge in [0.1, 0.15) is 0 Å². The number of methoxy groups -OCH3 is 1. The summed E-state index contributed by atoms with van der Waals surface area (Å²) in [4.78, 5) is 11.3. The average molecular weight is 295 g/mol. The van der Waals surface area contributed by atoms with Crippen LogP contribution in [0.4, 0.5) is 5.69 Å². The molecule has 3 N–H and O–H groups in total. The van der Waals surface area contributed by atoms with Crippen molar-refractivity contribution in [3.8, 4) is 0 Å². The summed E-state index contributed by atoms with van der Waals surface area (Å²) in [7, 11) is 1.43. The molecule has 5 heteroatoms. The number of nitrogens with two attached hydrogens (primary N) is 1. The van der Waals surface area contributed by atoms with Gasteiger partial charge in [-0.15, -0.1) is 0 Å². The zero-order chi connectivity index (χ0) is 14.6. The topological polar surface area (TPSA) is 72.5 Å². The molecule has 0 aromatic heterocycles. The van der Waals surface area contributed by atoms with E-state index in [1.165, 1.54) is 7.11 Å². The summed E-state index contributed by atoms with van der Waals surface area (Å²) < 4.78 is 4.72. The second-order valence-electron chi connectivity index (χ2n) is 5.45. The molecule has 1 unspecified atom stereocenters. The van der Waals surface area contributed by atoms with Crippen LogP contribution in [0.3, 0.4) is 0 Å². The summed E-state index contributed by atoms with van der Waals surface area (Å²) in [5, 5.41) is 10.1. The minimum Gasteiger partial charge on any atom is -0.469 e. The lowest BCUT2D eigenvalue weighted by Gasteiger charge is -2.15. The van der Waals surface area contributed by atoms with Crippen LogP contribution in [-0.2, 0) is 9.53 Å².